The van der Waals surface area contributed by atoms with Crippen LogP contribution in [0.4, 0.5) is 11.4 Å². The van der Waals surface area contributed by atoms with Crippen molar-refractivity contribution in [1.82, 2.24) is 0 Å². The summed E-state index contributed by atoms with van der Waals surface area (Å²) in [5.74, 6) is -0.115. The van der Waals surface area contributed by atoms with E-state index < -0.39 is 6.04 Å². The van der Waals surface area contributed by atoms with Crippen molar-refractivity contribution in [2.45, 2.75) is 33.2 Å². The van der Waals surface area contributed by atoms with Crippen LogP contribution in [0.1, 0.15) is 38.8 Å². The molecular weight excluding hydrogens is 262 g/mol. The zero-order chi connectivity index (χ0) is 15.2. The lowest BCUT2D eigenvalue weighted by atomic mass is 9.83. The molecule has 0 radical (unpaired) electrons. The highest BCUT2D eigenvalue weighted by atomic mass is 16.2. The van der Waals surface area contributed by atoms with Crippen LogP contribution in [0.25, 0.3) is 0 Å². The number of rotatable bonds is 1. The summed E-state index contributed by atoms with van der Waals surface area (Å²) < 4.78 is 0. The van der Waals surface area contributed by atoms with E-state index in [2.05, 4.69) is 43.1 Å². The summed E-state index contributed by atoms with van der Waals surface area (Å²) in [6.07, 6.45) is 3.42. The molecule has 1 aromatic rings. The summed E-state index contributed by atoms with van der Waals surface area (Å²) in [4.78, 5) is 14.0. The van der Waals surface area contributed by atoms with E-state index in [0.29, 0.717) is 0 Å². The molecule has 1 atom stereocenters. The molecule has 2 heterocycles. The van der Waals surface area contributed by atoms with E-state index in [9.17, 15) is 4.79 Å². The van der Waals surface area contributed by atoms with E-state index in [1.165, 1.54) is 5.57 Å². The lowest BCUT2D eigenvalue weighted by molar-refractivity contribution is -0.116. The third-order valence-corrected chi connectivity index (χ3v) is 4.45. The maximum Gasteiger partial charge on any atom is 0.245 e. The first-order valence-electron chi connectivity index (χ1n) is 7.51. The van der Waals surface area contributed by atoms with Crippen LogP contribution in [0.3, 0.4) is 0 Å². The number of fused-ring (bicyclic) bond motifs is 1. The Labute approximate surface area is 126 Å². The molecule has 3 N–H and O–H groups in total. The molecule has 0 bridgehead atoms. The third kappa shape index (κ3) is 2.56. The standard InChI is InChI=1S/C17H23N3O/c1-17(2,3)11-6-8-20(9-7-11)12-4-5-13-14(10-12)19-16(21)15(13)18/h4-6,10,15H,7-9,18H2,1-3H3,(H,19,21). The average molecular weight is 285 g/mol. The van der Waals surface area contributed by atoms with Gasteiger partial charge in [0.2, 0.25) is 5.91 Å². The second-order valence-corrected chi connectivity index (χ2v) is 6.91. The van der Waals surface area contributed by atoms with Crippen molar-refractivity contribution in [3.63, 3.8) is 0 Å². The summed E-state index contributed by atoms with van der Waals surface area (Å²) in [5, 5.41) is 2.85. The molecule has 0 saturated heterocycles. The van der Waals surface area contributed by atoms with Crippen molar-refractivity contribution in [3.05, 3.63) is 35.4 Å². The van der Waals surface area contributed by atoms with Crippen molar-refractivity contribution >= 4 is 17.3 Å². The van der Waals surface area contributed by atoms with E-state index in [4.69, 9.17) is 5.73 Å². The zero-order valence-corrected chi connectivity index (χ0v) is 12.9. The molecule has 2 aliphatic rings. The molecule has 2 aliphatic heterocycles. The van der Waals surface area contributed by atoms with Crippen molar-refractivity contribution in [3.8, 4) is 0 Å². The van der Waals surface area contributed by atoms with E-state index in [-0.39, 0.29) is 11.3 Å². The van der Waals surface area contributed by atoms with Gasteiger partial charge < -0.3 is 16.0 Å². The Morgan fingerprint density at radius 2 is 2.10 bits per heavy atom. The zero-order valence-electron chi connectivity index (χ0n) is 12.9. The first-order chi connectivity index (χ1) is 9.86. The smallest absolute Gasteiger partial charge is 0.245 e. The lowest BCUT2D eigenvalue weighted by Crippen LogP contribution is -2.31. The highest BCUT2D eigenvalue weighted by Crippen LogP contribution is 2.35. The van der Waals surface area contributed by atoms with Gasteiger partial charge in [0.15, 0.2) is 0 Å². The normalized spacial score (nSPS) is 21.9. The summed E-state index contributed by atoms with van der Waals surface area (Å²) in [5.41, 5.74) is 10.5. The van der Waals surface area contributed by atoms with Crippen molar-refractivity contribution < 1.29 is 4.79 Å². The van der Waals surface area contributed by atoms with Gasteiger partial charge in [0, 0.05) is 30.0 Å². The van der Waals surface area contributed by atoms with Gasteiger partial charge in [-0.15, -0.1) is 0 Å². The number of carbonyl (C=O) groups is 1. The molecule has 1 unspecified atom stereocenters. The number of nitrogens with two attached hydrogens (primary N) is 1. The van der Waals surface area contributed by atoms with Crippen LogP contribution >= 0.6 is 0 Å². The molecular formula is C17H23N3O. The molecule has 112 valence electrons. The van der Waals surface area contributed by atoms with Crippen molar-refractivity contribution in [1.29, 1.82) is 0 Å². The van der Waals surface area contributed by atoms with E-state index in [0.717, 1.165) is 36.4 Å². The van der Waals surface area contributed by atoms with Crippen LogP contribution in [0.2, 0.25) is 0 Å². The predicted octanol–water partition coefficient (Wildman–Crippen LogP) is 2.82. The second-order valence-electron chi connectivity index (χ2n) is 6.91. The topological polar surface area (TPSA) is 58.4 Å². The third-order valence-electron chi connectivity index (χ3n) is 4.45. The Morgan fingerprint density at radius 3 is 2.71 bits per heavy atom. The number of hydrogen-bond acceptors (Lipinski definition) is 3. The predicted molar refractivity (Wildman–Crippen MR) is 86.4 cm³/mol. The minimum atomic E-state index is -0.525. The first-order valence-corrected chi connectivity index (χ1v) is 7.51. The molecule has 21 heavy (non-hydrogen) atoms. The van der Waals surface area contributed by atoms with Crippen molar-refractivity contribution in [2.24, 2.45) is 11.1 Å². The average Bonchev–Trinajstić information content (AvgIpc) is 2.73. The summed E-state index contributed by atoms with van der Waals surface area (Å²) in [7, 11) is 0. The molecule has 4 nitrogen and oxygen atoms in total. The van der Waals surface area contributed by atoms with Gasteiger partial charge in [-0.25, -0.2) is 0 Å². The monoisotopic (exact) mass is 285 g/mol. The van der Waals surface area contributed by atoms with Gasteiger partial charge in [-0.2, -0.15) is 0 Å². The Hall–Kier alpha value is -1.81. The second kappa shape index (κ2) is 4.88. The molecule has 0 aliphatic carbocycles. The van der Waals surface area contributed by atoms with Crippen molar-refractivity contribution in [2.75, 3.05) is 23.3 Å². The Kier molecular flexibility index (Phi) is 3.29. The van der Waals surface area contributed by atoms with Crippen LogP contribution < -0.4 is 16.0 Å². The van der Waals surface area contributed by atoms with Gasteiger partial charge in [-0.3, -0.25) is 4.79 Å². The number of benzene rings is 1. The lowest BCUT2D eigenvalue weighted by Gasteiger charge is -2.33. The number of carbonyl (C=O) groups excluding carboxylic acids is 1. The fourth-order valence-corrected chi connectivity index (χ4v) is 3.06. The molecule has 0 aromatic heterocycles. The molecule has 4 heteroatoms. The Bertz CT molecular complexity index is 613. The largest absolute Gasteiger partial charge is 0.367 e. The van der Waals surface area contributed by atoms with Gasteiger partial charge in [-0.05, 0) is 24.0 Å². The molecule has 1 amide bonds. The van der Waals surface area contributed by atoms with Crippen LogP contribution in [0.15, 0.2) is 29.8 Å². The quantitative estimate of drug-likeness (QED) is 0.780. The van der Waals surface area contributed by atoms with Gasteiger partial charge in [0.1, 0.15) is 6.04 Å². The molecule has 1 aromatic carbocycles. The fraction of sp³-hybridized carbons (Fsp3) is 0.471. The highest BCUT2D eigenvalue weighted by molar-refractivity contribution is 6.02. The number of nitrogens with one attached hydrogen (secondary N) is 1. The maximum absolute atomic E-state index is 11.6. The minimum absolute atomic E-state index is 0.115. The van der Waals surface area contributed by atoms with E-state index in [1.807, 2.05) is 12.1 Å². The number of nitrogens with zero attached hydrogens (tertiary/aromatic N) is 1. The summed E-state index contributed by atoms with van der Waals surface area (Å²) in [6.45, 7) is 8.73. The minimum Gasteiger partial charge on any atom is -0.367 e. The van der Waals surface area contributed by atoms with Gasteiger partial charge >= 0.3 is 0 Å². The fourth-order valence-electron chi connectivity index (χ4n) is 3.06. The van der Waals surface area contributed by atoms with Gasteiger partial charge in [-0.1, -0.05) is 38.5 Å². The Balaban J connectivity index is 1.80. The summed E-state index contributed by atoms with van der Waals surface area (Å²) in [6, 6.07) is 5.55. The number of anilines is 2. The summed E-state index contributed by atoms with van der Waals surface area (Å²) >= 11 is 0. The van der Waals surface area contributed by atoms with Crippen LogP contribution in [-0.2, 0) is 4.79 Å². The molecule has 0 spiro atoms. The van der Waals surface area contributed by atoms with Crippen LogP contribution in [0.5, 0.6) is 0 Å². The molecule has 0 saturated carbocycles. The highest BCUT2D eigenvalue weighted by Gasteiger charge is 2.28. The number of hydrogen-bond donors (Lipinski definition) is 2. The van der Waals surface area contributed by atoms with Crippen LogP contribution in [-0.4, -0.2) is 19.0 Å². The van der Waals surface area contributed by atoms with Gasteiger partial charge in [0.05, 0.1) is 0 Å². The SMILES string of the molecule is CC(C)(C)C1=CCN(c2ccc3c(c2)NC(=O)C3N)CC1. The maximum atomic E-state index is 11.6. The Morgan fingerprint density at radius 1 is 1.33 bits per heavy atom. The van der Waals surface area contributed by atoms with Crippen LogP contribution in [0, 0.1) is 5.41 Å². The molecule has 0 fully saturated rings. The first kappa shape index (κ1) is 14.1. The van der Waals surface area contributed by atoms with E-state index >= 15 is 0 Å². The molecule has 3 rings (SSSR count). The van der Waals surface area contributed by atoms with E-state index in [1.54, 1.807) is 0 Å². The van der Waals surface area contributed by atoms with Gasteiger partial charge in [0.25, 0.3) is 0 Å². The number of amides is 1.